The number of amides is 1. The lowest BCUT2D eigenvalue weighted by Gasteiger charge is -2.22. The maximum atomic E-state index is 11.5. The highest BCUT2D eigenvalue weighted by Gasteiger charge is 2.25. The number of nitrogen functional groups attached to an aromatic ring is 1. The summed E-state index contributed by atoms with van der Waals surface area (Å²) in [6.45, 7) is 6.45. The Morgan fingerprint density at radius 1 is 1.42 bits per heavy atom. The summed E-state index contributed by atoms with van der Waals surface area (Å²) in [6, 6.07) is 0. The van der Waals surface area contributed by atoms with Crippen molar-refractivity contribution in [2.75, 3.05) is 23.7 Å². The van der Waals surface area contributed by atoms with Crippen molar-refractivity contribution >= 4 is 28.3 Å². The van der Waals surface area contributed by atoms with E-state index in [0.29, 0.717) is 11.5 Å². The first-order valence-corrected chi connectivity index (χ1v) is 7.58. The first-order chi connectivity index (χ1) is 9.00. The second kappa shape index (κ2) is 5.77. The molecule has 0 radical (unpaired) electrons. The van der Waals surface area contributed by atoms with Gasteiger partial charge < -0.3 is 16.4 Å². The van der Waals surface area contributed by atoms with Gasteiger partial charge in [0.05, 0.1) is 0 Å². The van der Waals surface area contributed by atoms with Crippen molar-refractivity contribution in [1.82, 2.24) is 4.37 Å². The number of aromatic nitrogens is 1. The number of carbonyl (C=O) groups is 1. The number of nitrogens with two attached hydrogens (primary N) is 2. The van der Waals surface area contributed by atoms with Crippen molar-refractivity contribution in [3.63, 3.8) is 0 Å². The third-order valence-electron chi connectivity index (χ3n) is 3.95. The Morgan fingerprint density at radius 2 is 2.16 bits per heavy atom. The highest BCUT2D eigenvalue weighted by molar-refractivity contribution is 7.11. The van der Waals surface area contributed by atoms with Gasteiger partial charge in [0.15, 0.2) is 5.82 Å². The lowest BCUT2D eigenvalue weighted by molar-refractivity contribution is 0.100. The van der Waals surface area contributed by atoms with Gasteiger partial charge in [-0.15, -0.1) is 0 Å². The molecule has 6 heteroatoms. The van der Waals surface area contributed by atoms with Crippen LogP contribution in [0.15, 0.2) is 0 Å². The molecule has 1 aromatic rings. The highest BCUT2D eigenvalue weighted by atomic mass is 32.1. The summed E-state index contributed by atoms with van der Waals surface area (Å²) >= 11 is 1.28. The summed E-state index contributed by atoms with van der Waals surface area (Å²) in [7, 11) is 0. The van der Waals surface area contributed by atoms with Gasteiger partial charge in [0, 0.05) is 13.1 Å². The molecule has 5 nitrogen and oxygen atoms in total. The maximum Gasteiger partial charge on any atom is 0.255 e. The molecular formula is C13H22N4OS. The molecule has 0 aliphatic carbocycles. The third-order valence-corrected chi connectivity index (χ3v) is 4.87. The zero-order chi connectivity index (χ0) is 14.0. The van der Waals surface area contributed by atoms with Gasteiger partial charge in [0.1, 0.15) is 10.6 Å². The Morgan fingerprint density at radius 3 is 2.79 bits per heavy atom. The van der Waals surface area contributed by atoms with Crippen LogP contribution < -0.4 is 16.4 Å². The molecule has 1 atom stereocenters. The minimum absolute atomic E-state index is 0.261. The van der Waals surface area contributed by atoms with Crippen LogP contribution in [0.1, 0.15) is 43.5 Å². The van der Waals surface area contributed by atoms with Crippen LogP contribution in [0.25, 0.3) is 0 Å². The minimum Gasteiger partial charge on any atom is -0.382 e. The minimum atomic E-state index is -0.481. The van der Waals surface area contributed by atoms with Gasteiger partial charge in [-0.2, -0.15) is 4.37 Å². The molecule has 0 aromatic carbocycles. The predicted octanol–water partition coefficient (Wildman–Crippen LogP) is 2.09. The molecule has 19 heavy (non-hydrogen) atoms. The van der Waals surface area contributed by atoms with Crippen LogP contribution in [-0.2, 0) is 0 Å². The largest absolute Gasteiger partial charge is 0.382 e. The summed E-state index contributed by atoms with van der Waals surface area (Å²) < 4.78 is 4.07. The van der Waals surface area contributed by atoms with Crippen molar-refractivity contribution in [3.05, 3.63) is 5.56 Å². The van der Waals surface area contributed by atoms with Gasteiger partial charge >= 0.3 is 0 Å². The van der Waals surface area contributed by atoms with E-state index in [0.717, 1.165) is 36.9 Å². The van der Waals surface area contributed by atoms with E-state index in [2.05, 4.69) is 23.1 Å². The molecule has 1 amide bonds. The zero-order valence-corrected chi connectivity index (χ0v) is 12.4. The third kappa shape index (κ3) is 3.00. The molecular weight excluding hydrogens is 260 g/mol. The molecule has 4 N–H and O–H groups in total. The van der Waals surface area contributed by atoms with Crippen LogP contribution in [0.2, 0.25) is 0 Å². The quantitative estimate of drug-likeness (QED) is 0.889. The molecule has 1 unspecified atom stereocenters. The van der Waals surface area contributed by atoms with Gasteiger partial charge in [-0.1, -0.05) is 13.8 Å². The Bertz CT molecular complexity index is 457. The smallest absolute Gasteiger partial charge is 0.255 e. The Labute approximate surface area is 118 Å². The molecule has 1 aliphatic heterocycles. The van der Waals surface area contributed by atoms with Gasteiger partial charge in [-0.05, 0) is 42.6 Å². The average molecular weight is 282 g/mol. The van der Waals surface area contributed by atoms with E-state index >= 15 is 0 Å². The second-order valence-corrected chi connectivity index (χ2v) is 6.29. The summed E-state index contributed by atoms with van der Waals surface area (Å²) in [4.78, 5) is 13.7. The number of rotatable bonds is 3. The Kier molecular flexibility index (Phi) is 4.29. The zero-order valence-electron chi connectivity index (χ0n) is 11.6. The summed E-state index contributed by atoms with van der Waals surface area (Å²) in [6.07, 6.45) is 3.53. The van der Waals surface area contributed by atoms with E-state index in [1.54, 1.807) is 0 Å². The number of hydrogen-bond donors (Lipinski definition) is 2. The summed E-state index contributed by atoms with van der Waals surface area (Å²) in [5.74, 6) is 1.25. The molecule has 106 valence electrons. The summed E-state index contributed by atoms with van der Waals surface area (Å²) in [5, 5.41) is 0.842. The maximum absolute atomic E-state index is 11.5. The fourth-order valence-corrected chi connectivity index (χ4v) is 3.60. The number of hydrogen-bond acceptors (Lipinski definition) is 5. The van der Waals surface area contributed by atoms with Crippen LogP contribution in [-0.4, -0.2) is 23.4 Å². The monoisotopic (exact) mass is 282 g/mol. The predicted molar refractivity (Wildman–Crippen MR) is 79.4 cm³/mol. The van der Waals surface area contributed by atoms with Crippen LogP contribution in [0.4, 0.5) is 10.8 Å². The molecule has 0 spiro atoms. The van der Waals surface area contributed by atoms with Crippen LogP contribution in [0.3, 0.4) is 0 Å². The highest BCUT2D eigenvalue weighted by Crippen LogP contribution is 2.33. The van der Waals surface area contributed by atoms with Crippen molar-refractivity contribution in [3.8, 4) is 0 Å². The lowest BCUT2D eigenvalue weighted by Crippen LogP contribution is -2.26. The molecule has 1 aliphatic rings. The SMILES string of the molecule is CC(C)C1CCCN(c2snc(N)c2C(N)=O)CC1. The number of carbonyl (C=O) groups excluding carboxylic acids is 1. The molecule has 1 aromatic heterocycles. The fraction of sp³-hybridized carbons (Fsp3) is 0.692. The Balaban J connectivity index is 2.17. The van der Waals surface area contributed by atoms with E-state index < -0.39 is 5.91 Å². The molecule has 2 rings (SSSR count). The van der Waals surface area contributed by atoms with E-state index in [1.165, 1.54) is 18.0 Å². The molecule has 1 fully saturated rings. The van der Waals surface area contributed by atoms with Gasteiger partial charge in [-0.3, -0.25) is 4.79 Å². The average Bonchev–Trinajstić information content (AvgIpc) is 2.59. The molecule has 1 saturated heterocycles. The van der Waals surface area contributed by atoms with E-state index in [9.17, 15) is 4.79 Å². The normalized spacial score (nSPS) is 20.6. The molecule has 0 bridgehead atoms. The topological polar surface area (TPSA) is 85.2 Å². The van der Waals surface area contributed by atoms with E-state index in [4.69, 9.17) is 11.5 Å². The van der Waals surface area contributed by atoms with E-state index in [-0.39, 0.29) is 5.82 Å². The van der Waals surface area contributed by atoms with Gasteiger partial charge in [-0.25, -0.2) is 0 Å². The van der Waals surface area contributed by atoms with E-state index in [1.807, 2.05) is 0 Å². The first kappa shape index (κ1) is 14.1. The van der Waals surface area contributed by atoms with Crippen molar-refractivity contribution < 1.29 is 4.79 Å². The Hall–Kier alpha value is -1.30. The molecule has 2 heterocycles. The van der Waals surface area contributed by atoms with Crippen molar-refractivity contribution in [1.29, 1.82) is 0 Å². The second-order valence-electron chi connectivity index (χ2n) is 5.53. The van der Waals surface area contributed by atoms with Crippen LogP contribution in [0.5, 0.6) is 0 Å². The van der Waals surface area contributed by atoms with Crippen molar-refractivity contribution in [2.45, 2.75) is 33.1 Å². The number of primary amides is 1. The van der Waals surface area contributed by atoms with Crippen molar-refractivity contribution in [2.24, 2.45) is 17.6 Å². The molecule has 0 saturated carbocycles. The first-order valence-electron chi connectivity index (χ1n) is 6.80. The number of nitrogens with zero attached hydrogens (tertiary/aromatic N) is 2. The standard InChI is InChI=1S/C13H22N4OS/c1-8(2)9-4-3-6-17(7-5-9)13-10(12(15)18)11(14)16-19-13/h8-9H,3-7H2,1-2H3,(H2,14,16)(H2,15,18). The van der Waals surface area contributed by atoms with Gasteiger partial charge in [0.25, 0.3) is 5.91 Å². The van der Waals surface area contributed by atoms with Gasteiger partial charge in [0.2, 0.25) is 0 Å². The van der Waals surface area contributed by atoms with Crippen LogP contribution in [0, 0.1) is 11.8 Å². The summed E-state index contributed by atoms with van der Waals surface area (Å²) in [5.41, 5.74) is 11.5. The fourth-order valence-electron chi connectivity index (χ4n) is 2.73. The number of anilines is 2. The van der Waals surface area contributed by atoms with Crippen LogP contribution >= 0.6 is 11.5 Å². The lowest BCUT2D eigenvalue weighted by atomic mass is 9.89.